The highest BCUT2D eigenvalue weighted by Gasteiger charge is 2.23. The van der Waals surface area contributed by atoms with Gasteiger partial charge in [0.15, 0.2) is 5.65 Å². The first-order valence-electron chi connectivity index (χ1n) is 7.35. The van der Waals surface area contributed by atoms with E-state index in [-0.39, 0.29) is 0 Å². The number of aryl methyl sites for hydroxylation is 1. The molecule has 0 spiro atoms. The SMILES string of the molecule is CCC1CN(Cc2nc(Cl)c3cnn(C)c3n2)CCN1C. The maximum Gasteiger partial charge on any atom is 0.162 e. The Labute approximate surface area is 129 Å². The van der Waals surface area contributed by atoms with E-state index in [1.807, 2.05) is 7.05 Å². The third-order valence-corrected chi connectivity index (χ3v) is 4.58. The van der Waals surface area contributed by atoms with E-state index in [1.54, 1.807) is 10.9 Å². The highest BCUT2D eigenvalue weighted by molar-refractivity contribution is 6.33. The summed E-state index contributed by atoms with van der Waals surface area (Å²) < 4.78 is 1.74. The number of likely N-dealkylation sites (N-methyl/N-ethyl adjacent to an activating group) is 1. The molecular formula is C14H21ClN6. The van der Waals surface area contributed by atoms with Crippen molar-refractivity contribution in [2.45, 2.75) is 25.9 Å². The van der Waals surface area contributed by atoms with Gasteiger partial charge in [-0.15, -0.1) is 0 Å². The van der Waals surface area contributed by atoms with E-state index in [2.05, 4.69) is 38.8 Å². The lowest BCUT2D eigenvalue weighted by molar-refractivity contribution is 0.0866. The van der Waals surface area contributed by atoms with Crippen LogP contribution in [-0.2, 0) is 13.6 Å². The first-order valence-corrected chi connectivity index (χ1v) is 7.73. The predicted octanol–water partition coefficient (Wildman–Crippen LogP) is 1.54. The second-order valence-corrected chi connectivity index (χ2v) is 6.07. The van der Waals surface area contributed by atoms with E-state index in [0.717, 1.165) is 49.5 Å². The Kier molecular flexibility index (Phi) is 4.10. The van der Waals surface area contributed by atoms with Crippen molar-refractivity contribution in [2.75, 3.05) is 26.7 Å². The van der Waals surface area contributed by atoms with Gasteiger partial charge in [-0.3, -0.25) is 9.58 Å². The number of rotatable bonds is 3. The predicted molar refractivity (Wildman–Crippen MR) is 83.3 cm³/mol. The molecule has 114 valence electrons. The van der Waals surface area contributed by atoms with Gasteiger partial charge in [0.25, 0.3) is 0 Å². The molecule has 2 aromatic rings. The monoisotopic (exact) mass is 308 g/mol. The van der Waals surface area contributed by atoms with E-state index < -0.39 is 0 Å². The molecule has 7 heteroatoms. The van der Waals surface area contributed by atoms with Gasteiger partial charge in [0.1, 0.15) is 11.0 Å². The van der Waals surface area contributed by atoms with Crippen LogP contribution in [0.2, 0.25) is 5.15 Å². The van der Waals surface area contributed by atoms with Crippen LogP contribution in [0.4, 0.5) is 0 Å². The molecule has 0 aliphatic carbocycles. The van der Waals surface area contributed by atoms with Gasteiger partial charge in [0.05, 0.1) is 18.1 Å². The number of hydrogen-bond donors (Lipinski definition) is 0. The van der Waals surface area contributed by atoms with Gasteiger partial charge >= 0.3 is 0 Å². The lowest BCUT2D eigenvalue weighted by Crippen LogP contribution is -2.50. The maximum atomic E-state index is 6.24. The van der Waals surface area contributed by atoms with Crippen LogP contribution in [0.5, 0.6) is 0 Å². The highest BCUT2D eigenvalue weighted by atomic mass is 35.5. The Balaban J connectivity index is 1.80. The second-order valence-electron chi connectivity index (χ2n) is 5.71. The largest absolute Gasteiger partial charge is 0.301 e. The number of hydrogen-bond acceptors (Lipinski definition) is 5. The molecule has 1 aliphatic rings. The van der Waals surface area contributed by atoms with E-state index in [9.17, 15) is 0 Å². The van der Waals surface area contributed by atoms with Gasteiger partial charge in [0.2, 0.25) is 0 Å². The zero-order valence-electron chi connectivity index (χ0n) is 12.8. The Bertz CT molecular complexity index is 640. The van der Waals surface area contributed by atoms with Crippen molar-refractivity contribution < 1.29 is 0 Å². The van der Waals surface area contributed by atoms with Crippen molar-refractivity contribution in [3.05, 3.63) is 17.2 Å². The molecule has 1 fully saturated rings. The van der Waals surface area contributed by atoms with Crippen LogP contribution in [0.3, 0.4) is 0 Å². The van der Waals surface area contributed by atoms with Crippen molar-refractivity contribution in [1.82, 2.24) is 29.5 Å². The van der Waals surface area contributed by atoms with Crippen LogP contribution in [0.15, 0.2) is 6.20 Å². The molecule has 1 saturated heterocycles. The minimum absolute atomic E-state index is 0.490. The first-order chi connectivity index (χ1) is 10.1. The molecular weight excluding hydrogens is 288 g/mol. The van der Waals surface area contributed by atoms with Crippen LogP contribution < -0.4 is 0 Å². The molecule has 1 aliphatic heterocycles. The lowest BCUT2D eigenvalue weighted by Gasteiger charge is -2.38. The van der Waals surface area contributed by atoms with Gasteiger partial charge in [0, 0.05) is 32.7 Å². The molecule has 0 bridgehead atoms. The molecule has 3 heterocycles. The molecule has 0 radical (unpaired) electrons. The summed E-state index contributed by atoms with van der Waals surface area (Å²) in [6.07, 6.45) is 2.87. The third-order valence-electron chi connectivity index (χ3n) is 4.29. The van der Waals surface area contributed by atoms with Crippen molar-refractivity contribution in [3.8, 4) is 0 Å². The van der Waals surface area contributed by atoms with Crippen molar-refractivity contribution in [2.24, 2.45) is 7.05 Å². The Morgan fingerprint density at radius 2 is 2.10 bits per heavy atom. The Hall–Kier alpha value is -1.24. The van der Waals surface area contributed by atoms with Gasteiger partial charge in [-0.05, 0) is 13.5 Å². The number of piperazine rings is 1. The molecule has 1 unspecified atom stereocenters. The zero-order valence-corrected chi connectivity index (χ0v) is 13.5. The van der Waals surface area contributed by atoms with Gasteiger partial charge in [-0.25, -0.2) is 9.97 Å². The average molecular weight is 309 g/mol. The molecule has 0 amide bonds. The fourth-order valence-corrected chi connectivity index (χ4v) is 3.13. The minimum Gasteiger partial charge on any atom is -0.301 e. The normalized spacial score (nSPS) is 21.2. The number of aromatic nitrogens is 4. The van der Waals surface area contributed by atoms with E-state index in [1.165, 1.54) is 0 Å². The van der Waals surface area contributed by atoms with Crippen LogP contribution in [-0.4, -0.2) is 62.3 Å². The van der Waals surface area contributed by atoms with Crippen LogP contribution in [0.1, 0.15) is 19.2 Å². The van der Waals surface area contributed by atoms with Crippen molar-refractivity contribution in [3.63, 3.8) is 0 Å². The summed E-state index contributed by atoms with van der Waals surface area (Å²) in [5, 5.41) is 5.49. The number of fused-ring (bicyclic) bond motifs is 1. The molecule has 3 rings (SSSR count). The summed E-state index contributed by atoms with van der Waals surface area (Å²) in [5.74, 6) is 0.774. The van der Waals surface area contributed by atoms with Crippen LogP contribution in [0, 0.1) is 0 Å². The zero-order chi connectivity index (χ0) is 15.0. The number of halogens is 1. The Morgan fingerprint density at radius 1 is 1.29 bits per heavy atom. The molecule has 0 aromatic carbocycles. The second kappa shape index (κ2) is 5.87. The first kappa shape index (κ1) is 14.7. The summed E-state index contributed by atoms with van der Waals surface area (Å²) in [6, 6.07) is 0.606. The topological polar surface area (TPSA) is 50.1 Å². The van der Waals surface area contributed by atoms with E-state index >= 15 is 0 Å². The summed E-state index contributed by atoms with van der Waals surface area (Å²) in [5.41, 5.74) is 0.797. The summed E-state index contributed by atoms with van der Waals surface area (Å²) >= 11 is 6.24. The summed E-state index contributed by atoms with van der Waals surface area (Å²) in [7, 11) is 4.07. The minimum atomic E-state index is 0.490. The molecule has 0 saturated carbocycles. The molecule has 2 aromatic heterocycles. The average Bonchev–Trinajstić information content (AvgIpc) is 2.83. The van der Waals surface area contributed by atoms with Crippen molar-refractivity contribution in [1.29, 1.82) is 0 Å². The molecule has 0 N–H and O–H groups in total. The number of nitrogens with zero attached hydrogens (tertiary/aromatic N) is 6. The maximum absolute atomic E-state index is 6.24. The van der Waals surface area contributed by atoms with Crippen LogP contribution >= 0.6 is 11.6 Å². The highest BCUT2D eigenvalue weighted by Crippen LogP contribution is 2.20. The van der Waals surface area contributed by atoms with Gasteiger partial charge in [-0.2, -0.15) is 5.10 Å². The molecule has 1 atom stereocenters. The fraction of sp³-hybridized carbons (Fsp3) is 0.643. The van der Waals surface area contributed by atoms with Crippen LogP contribution in [0.25, 0.3) is 11.0 Å². The smallest absolute Gasteiger partial charge is 0.162 e. The fourth-order valence-electron chi connectivity index (χ4n) is 2.90. The van der Waals surface area contributed by atoms with Gasteiger partial charge in [-0.1, -0.05) is 18.5 Å². The Morgan fingerprint density at radius 3 is 2.86 bits per heavy atom. The quantitative estimate of drug-likeness (QED) is 0.805. The summed E-state index contributed by atoms with van der Waals surface area (Å²) in [6.45, 7) is 6.15. The van der Waals surface area contributed by atoms with E-state index in [0.29, 0.717) is 11.2 Å². The molecule has 21 heavy (non-hydrogen) atoms. The lowest BCUT2D eigenvalue weighted by atomic mass is 10.1. The van der Waals surface area contributed by atoms with Gasteiger partial charge < -0.3 is 4.90 Å². The van der Waals surface area contributed by atoms with E-state index in [4.69, 9.17) is 11.6 Å². The third kappa shape index (κ3) is 2.88. The molecule has 6 nitrogen and oxygen atoms in total. The standard InChI is InChI=1S/C14H21ClN6/c1-4-10-8-21(6-5-19(10)2)9-12-17-13(15)11-7-16-20(3)14(11)18-12/h7,10H,4-6,8-9H2,1-3H3. The van der Waals surface area contributed by atoms with Crippen molar-refractivity contribution >= 4 is 22.6 Å². The summed E-state index contributed by atoms with van der Waals surface area (Å²) in [4.78, 5) is 13.9.